The van der Waals surface area contributed by atoms with Crippen LogP contribution < -0.4 is 20.5 Å². The predicted molar refractivity (Wildman–Crippen MR) is 77.8 cm³/mol. The molecule has 0 saturated heterocycles. The fraction of sp³-hybridized carbons (Fsp3) is 0.429. The van der Waals surface area contributed by atoms with E-state index in [4.69, 9.17) is 27.4 Å². The smallest absolute Gasteiger partial charge is 0.265 e. The number of amides is 1. The molecule has 1 fully saturated rings. The highest BCUT2D eigenvalue weighted by molar-refractivity contribution is 7.80. The number of thiocarbonyl (C=S) groups is 1. The molecule has 1 saturated carbocycles. The van der Waals surface area contributed by atoms with Crippen LogP contribution in [0.15, 0.2) is 24.3 Å². The number of carbonyl (C=O) groups excluding carboxylic acids is 1. The van der Waals surface area contributed by atoms with Crippen LogP contribution in [0.25, 0.3) is 0 Å². The minimum absolute atomic E-state index is 0.192. The molecule has 0 spiro atoms. The Hall–Kier alpha value is -1.82. The molecular weight excluding hydrogens is 276 g/mol. The Morgan fingerprint density at radius 1 is 1.35 bits per heavy atom. The first-order chi connectivity index (χ1) is 9.65. The first-order valence-corrected chi connectivity index (χ1v) is 7.04. The Kier molecular flexibility index (Phi) is 3.48. The monoisotopic (exact) mass is 292 g/mol. The second kappa shape index (κ2) is 5.28. The zero-order valence-electron chi connectivity index (χ0n) is 10.9. The second-order valence-corrected chi connectivity index (χ2v) is 5.56. The van der Waals surface area contributed by atoms with E-state index in [0.29, 0.717) is 22.4 Å². The molecule has 1 aliphatic heterocycles. The molecule has 3 rings (SSSR count). The summed E-state index contributed by atoms with van der Waals surface area (Å²) in [6.45, 7) is 0.192. The lowest BCUT2D eigenvalue weighted by atomic mass is 10.1. The largest absolute Gasteiger partial charge is 0.485 e. The first kappa shape index (κ1) is 13.2. The predicted octanol–water partition coefficient (Wildman–Crippen LogP) is 1.01. The van der Waals surface area contributed by atoms with Gasteiger partial charge in [-0.2, -0.15) is 0 Å². The molecule has 106 valence electrons. The van der Waals surface area contributed by atoms with Gasteiger partial charge in [0.25, 0.3) is 5.91 Å². The highest BCUT2D eigenvalue weighted by Gasteiger charge is 2.36. The van der Waals surface area contributed by atoms with E-state index in [-0.39, 0.29) is 18.6 Å². The maximum Gasteiger partial charge on any atom is 0.265 e. The zero-order valence-corrected chi connectivity index (χ0v) is 11.7. The van der Waals surface area contributed by atoms with Crippen LogP contribution in [-0.4, -0.2) is 29.6 Å². The summed E-state index contributed by atoms with van der Waals surface area (Å²) in [7, 11) is 0. The van der Waals surface area contributed by atoms with Crippen molar-refractivity contribution in [1.29, 1.82) is 0 Å². The third-order valence-corrected chi connectivity index (χ3v) is 3.75. The minimum atomic E-state index is -0.666. The fourth-order valence-electron chi connectivity index (χ4n) is 2.25. The van der Waals surface area contributed by atoms with Crippen molar-refractivity contribution in [2.24, 2.45) is 11.7 Å². The number of ether oxygens (including phenoxy) is 2. The Bertz CT molecular complexity index is 545. The number of hydrogen-bond donors (Lipinski definition) is 2. The molecule has 0 radical (unpaired) electrons. The summed E-state index contributed by atoms with van der Waals surface area (Å²) in [4.78, 5) is 12.6. The molecule has 5 nitrogen and oxygen atoms in total. The van der Waals surface area contributed by atoms with Gasteiger partial charge in [-0.05, 0) is 30.9 Å². The van der Waals surface area contributed by atoms with Gasteiger partial charge in [0.1, 0.15) is 6.61 Å². The fourth-order valence-corrected chi connectivity index (χ4v) is 2.50. The maximum absolute atomic E-state index is 12.2. The first-order valence-electron chi connectivity index (χ1n) is 6.63. The van der Waals surface area contributed by atoms with Crippen LogP contribution in [0.4, 0.5) is 0 Å². The zero-order chi connectivity index (χ0) is 14.1. The molecule has 2 aliphatic rings. The highest BCUT2D eigenvalue weighted by Crippen LogP contribution is 2.33. The second-order valence-electron chi connectivity index (χ2n) is 5.09. The highest BCUT2D eigenvalue weighted by atomic mass is 32.1. The van der Waals surface area contributed by atoms with E-state index in [0.717, 1.165) is 12.8 Å². The van der Waals surface area contributed by atoms with Crippen LogP contribution >= 0.6 is 12.2 Å². The minimum Gasteiger partial charge on any atom is -0.485 e. The average molecular weight is 292 g/mol. The molecule has 1 aliphatic carbocycles. The summed E-state index contributed by atoms with van der Waals surface area (Å²) in [5.41, 5.74) is 5.68. The van der Waals surface area contributed by atoms with E-state index >= 15 is 0 Å². The van der Waals surface area contributed by atoms with E-state index in [1.54, 1.807) is 6.07 Å². The van der Waals surface area contributed by atoms with Crippen molar-refractivity contribution < 1.29 is 14.3 Å². The van der Waals surface area contributed by atoms with Crippen molar-refractivity contribution in [1.82, 2.24) is 5.32 Å². The van der Waals surface area contributed by atoms with Gasteiger partial charge in [0.15, 0.2) is 11.5 Å². The van der Waals surface area contributed by atoms with E-state index in [1.807, 2.05) is 18.2 Å². The number of carbonyl (C=O) groups is 1. The Balaban J connectivity index is 1.65. The Labute approximate surface area is 122 Å². The van der Waals surface area contributed by atoms with Gasteiger partial charge in [-0.3, -0.25) is 4.79 Å². The van der Waals surface area contributed by atoms with Crippen molar-refractivity contribution in [2.75, 3.05) is 6.61 Å². The third kappa shape index (κ3) is 2.70. The SMILES string of the molecule is NC(=S)C(NC(=O)C1COc2ccccc2O1)C1CC1. The molecule has 6 heteroatoms. The van der Waals surface area contributed by atoms with Crippen LogP contribution in [-0.2, 0) is 4.79 Å². The lowest BCUT2D eigenvalue weighted by Crippen LogP contribution is -2.52. The number of benzene rings is 1. The van der Waals surface area contributed by atoms with Crippen molar-refractivity contribution >= 4 is 23.1 Å². The molecule has 1 aromatic rings. The Morgan fingerprint density at radius 3 is 2.70 bits per heavy atom. The topological polar surface area (TPSA) is 73.6 Å². The number of nitrogens with one attached hydrogen (secondary N) is 1. The molecule has 0 bridgehead atoms. The molecule has 0 aromatic heterocycles. The molecule has 1 aromatic carbocycles. The molecule has 3 N–H and O–H groups in total. The van der Waals surface area contributed by atoms with Crippen molar-refractivity contribution in [3.8, 4) is 11.5 Å². The molecule has 1 amide bonds. The standard InChI is InChI=1S/C14H16N2O3S/c15-13(20)12(8-5-6-8)16-14(17)11-7-18-9-3-1-2-4-10(9)19-11/h1-4,8,11-12H,5-7H2,(H2,15,20)(H,16,17). The summed E-state index contributed by atoms with van der Waals surface area (Å²) in [6.07, 6.45) is 1.43. The number of fused-ring (bicyclic) bond motifs is 1. The average Bonchev–Trinajstić information content (AvgIpc) is 3.28. The van der Waals surface area contributed by atoms with E-state index in [2.05, 4.69) is 5.32 Å². The van der Waals surface area contributed by atoms with Crippen molar-refractivity contribution in [3.63, 3.8) is 0 Å². The van der Waals surface area contributed by atoms with E-state index < -0.39 is 6.10 Å². The lowest BCUT2D eigenvalue weighted by Gasteiger charge is -2.27. The van der Waals surface area contributed by atoms with Crippen LogP contribution in [0.5, 0.6) is 11.5 Å². The summed E-state index contributed by atoms with van der Waals surface area (Å²) in [5, 5.41) is 2.87. The number of rotatable bonds is 4. The number of hydrogen-bond acceptors (Lipinski definition) is 4. The number of para-hydroxylation sites is 2. The summed E-state index contributed by atoms with van der Waals surface area (Å²) in [6, 6.07) is 7.05. The van der Waals surface area contributed by atoms with Gasteiger partial charge in [0.2, 0.25) is 6.10 Å². The van der Waals surface area contributed by atoms with Gasteiger partial charge in [-0.25, -0.2) is 0 Å². The molecule has 2 atom stereocenters. The summed E-state index contributed by atoms with van der Waals surface area (Å²) in [5.74, 6) is 1.37. The number of nitrogens with two attached hydrogens (primary N) is 1. The molecular formula is C14H16N2O3S. The van der Waals surface area contributed by atoms with Crippen LogP contribution in [0.3, 0.4) is 0 Å². The normalized spacial score (nSPS) is 21.9. The maximum atomic E-state index is 12.2. The summed E-state index contributed by atoms with van der Waals surface area (Å²) >= 11 is 5.01. The molecule has 1 heterocycles. The molecule has 20 heavy (non-hydrogen) atoms. The third-order valence-electron chi connectivity index (χ3n) is 3.50. The van der Waals surface area contributed by atoms with Gasteiger partial charge >= 0.3 is 0 Å². The quantitative estimate of drug-likeness (QED) is 0.810. The van der Waals surface area contributed by atoms with E-state index in [9.17, 15) is 4.79 Å². The van der Waals surface area contributed by atoms with Crippen molar-refractivity contribution in [2.45, 2.75) is 25.0 Å². The Morgan fingerprint density at radius 2 is 2.05 bits per heavy atom. The van der Waals surface area contributed by atoms with Gasteiger partial charge in [-0.1, -0.05) is 24.4 Å². The van der Waals surface area contributed by atoms with Gasteiger partial charge < -0.3 is 20.5 Å². The van der Waals surface area contributed by atoms with Crippen LogP contribution in [0.1, 0.15) is 12.8 Å². The van der Waals surface area contributed by atoms with E-state index in [1.165, 1.54) is 0 Å². The van der Waals surface area contributed by atoms with Gasteiger partial charge in [-0.15, -0.1) is 0 Å². The van der Waals surface area contributed by atoms with Crippen LogP contribution in [0, 0.1) is 5.92 Å². The van der Waals surface area contributed by atoms with Crippen LogP contribution in [0.2, 0.25) is 0 Å². The summed E-state index contributed by atoms with van der Waals surface area (Å²) < 4.78 is 11.2. The lowest BCUT2D eigenvalue weighted by molar-refractivity contribution is -0.130. The molecule has 2 unspecified atom stereocenters. The van der Waals surface area contributed by atoms with Crippen molar-refractivity contribution in [3.05, 3.63) is 24.3 Å². The van der Waals surface area contributed by atoms with Gasteiger partial charge in [0.05, 0.1) is 11.0 Å². The van der Waals surface area contributed by atoms with Gasteiger partial charge in [0, 0.05) is 0 Å².